The van der Waals surface area contributed by atoms with Crippen LogP contribution in [-0.2, 0) is 27.7 Å². The molecule has 4 rings (SSSR count). The second-order valence-electron chi connectivity index (χ2n) is 7.22. The Morgan fingerprint density at radius 3 is 2.96 bits per heavy atom. The highest BCUT2D eigenvalue weighted by Crippen LogP contribution is 2.39. The number of H-pyrrole nitrogens is 1. The van der Waals surface area contributed by atoms with Crippen LogP contribution in [0.15, 0.2) is 0 Å². The van der Waals surface area contributed by atoms with Crippen LogP contribution >= 0.6 is 0 Å². The van der Waals surface area contributed by atoms with Gasteiger partial charge >= 0.3 is 0 Å². The van der Waals surface area contributed by atoms with Gasteiger partial charge in [0.15, 0.2) is 5.69 Å². The SMILES string of the molecule is CN1CCc2[nH]nc(C(=O)N[C@H]3[C@H]4CCO[C@H]4[C@@H]3NS(C)(=O)=O)c2C1. The highest BCUT2D eigenvalue weighted by Gasteiger charge is 2.55. The third kappa shape index (κ3) is 3.07. The van der Waals surface area contributed by atoms with E-state index < -0.39 is 16.1 Å². The van der Waals surface area contributed by atoms with Crippen molar-refractivity contribution in [2.24, 2.45) is 5.92 Å². The molecule has 3 N–H and O–H groups in total. The lowest BCUT2D eigenvalue weighted by atomic mass is 9.72. The van der Waals surface area contributed by atoms with E-state index >= 15 is 0 Å². The number of carbonyl (C=O) groups excluding carboxylic acids is 1. The second-order valence-corrected chi connectivity index (χ2v) is 9.00. The molecular formula is C15H23N5O4S. The molecule has 3 heterocycles. The molecule has 1 aromatic rings. The molecule has 1 amide bonds. The Kier molecular flexibility index (Phi) is 4.10. The number of hydrogen-bond acceptors (Lipinski definition) is 6. The molecule has 0 aromatic carbocycles. The molecule has 3 aliphatic rings. The number of carbonyl (C=O) groups is 1. The van der Waals surface area contributed by atoms with Gasteiger partial charge in [-0.25, -0.2) is 13.1 Å². The normalized spacial score (nSPS) is 31.9. The summed E-state index contributed by atoms with van der Waals surface area (Å²) in [6.45, 7) is 2.20. The Hall–Kier alpha value is -1.49. The summed E-state index contributed by atoms with van der Waals surface area (Å²) < 4.78 is 31.4. The number of nitrogens with zero attached hydrogens (tertiary/aromatic N) is 2. The van der Waals surface area contributed by atoms with Gasteiger partial charge in [-0.2, -0.15) is 5.10 Å². The summed E-state index contributed by atoms with van der Waals surface area (Å²) >= 11 is 0. The van der Waals surface area contributed by atoms with E-state index in [-0.39, 0.29) is 24.0 Å². The lowest BCUT2D eigenvalue weighted by molar-refractivity contribution is -0.0194. The largest absolute Gasteiger partial charge is 0.376 e. The Balaban J connectivity index is 1.51. The maximum absolute atomic E-state index is 12.8. The molecule has 2 fully saturated rings. The zero-order valence-corrected chi connectivity index (χ0v) is 15.1. The maximum Gasteiger partial charge on any atom is 0.272 e. The van der Waals surface area contributed by atoms with Gasteiger partial charge in [-0.05, 0) is 13.5 Å². The van der Waals surface area contributed by atoms with Crippen LogP contribution in [0.1, 0.15) is 28.2 Å². The van der Waals surface area contributed by atoms with Crippen LogP contribution in [0.25, 0.3) is 0 Å². The second kappa shape index (κ2) is 6.04. The third-order valence-electron chi connectivity index (χ3n) is 5.37. The van der Waals surface area contributed by atoms with Gasteiger partial charge in [0.25, 0.3) is 5.91 Å². The summed E-state index contributed by atoms with van der Waals surface area (Å²) in [6, 6.07) is -0.702. The van der Waals surface area contributed by atoms with Crippen LogP contribution in [0, 0.1) is 5.92 Å². The fraction of sp³-hybridized carbons (Fsp3) is 0.733. The zero-order chi connectivity index (χ0) is 17.8. The first-order valence-electron chi connectivity index (χ1n) is 8.48. The van der Waals surface area contributed by atoms with E-state index in [9.17, 15) is 13.2 Å². The number of aromatic amines is 1. The van der Waals surface area contributed by atoms with Crippen molar-refractivity contribution in [3.05, 3.63) is 17.0 Å². The predicted octanol–water partition coefficient (Wildman–Crippen LogP) is -1.17. The Morgan fingerprint density at radius 1 is 1.40 bits per heavy atom. The molecule has 0 radical (unpaired) electrons. The lowest BCUT2D eigenvalue weighted by Gasteiger charge is -2.47. The number of nitrogens with one attached hydrogen (secondary N) is 3. The fourth-order valence-electron chi connectivity index (χ4n) is 4.13. The molecule has 0 bridgehead atoms. The minimum atomic E-state index is -3.38. The van der Waals surface area contributed by atoms with E-state index in [1.165, 1.54) is 0 Å². The molecular weight excluding hydrogens is 346 g/mol. The van der Waals surface area contributed by atoms with Crippen molar-refractivity contribution in [1.82, 2.24) is 25.1 Å². The summed E-state index contributed by atoms with van der Waals surface area (Å²) in [5.74, 6) is -0.121. The van der Waals surface area contributed by atoms with Gasteiger partial charge < -0.3 is 15.0 Å². The van der Waals surface area contributed by atoms with Gasteiger partial charge in [0.1, 0.15) is 0 Å². The highest BCUT2D eigenvalue weighted by atomic mass is 32.2. The Morgan fingerprint density at radius 2 is 2.20 bits per heavy atom. The van der Waals surface area contributed by atoms with Crippen molar-refractivity contribution in [3.8, 4) is 0 Å². The smallest absolute Gasteiger partial charge is 0.272 e. The summed E-state index contributed by atoms with van der Waals surface area (Å²) in [5, 5.41) is 10.1. The third-order valence-corrected chi connectivity index (χ3v) is 6.07. The van der Waals surface area contributed by atoms with Gasteiger partial charge in [-0.3, -0.25) is 9.89 Å². The Bertz CT molecular complexity index is 792. The van der Waals surface area contributed by atoms with E-state index in [1.807, 2.05) is 7.05 Å². The van der Waals surface area contributed by atoms with Crippen molar-refractivity contribution in [2.75, 3.05) is 26.5 Å². The lowest BCUT2D eigenvalue weighted by Crippen LogP contribution is -2.70. The zero-order valence-electron chi connectivity index (χ0n) is 14.3. The number of amides is 1. The molecule has 1 saturated carbocycles. The average Bonchev–Trinajstić information content (AvgIpc) is 3.13. The number of sulfonamides is 1. The number of fused-ring (bicyclic) bond motifs is 2. The molecule has 4 atom stereocenters. The van der Waals surface area contributed by atoms with E-state index in [0.29, 0.717) is 18.8 Å². The Labute approximate surface area is 146 Å². The summed E-state index contributed by atoms with van der Waals surface area (Å²) in [4.78, 5) is 14.9. The summed E-state index contributed by atoms with van der Waals surface area (Å²) in [6.07, 6.45) is 2.61. The minimum absolute atomic E-state index is 0.139. The standard InChI is InChI=1S/C15H23N5O4S/c1-20-5-3-10-9(7-20)12(18-17-10)15(21)16-11-8-4-6-24-14(8)13(11)19-25(2,22)23/h8,11,13-14,19H,3-7H2,1-2H3,(H,16,21)(H,17,18)/t8-,11+,13-,14-/m1/s1. The van der Waals surface area contributed by atoms with E-state index in [4.69, 9.17) is 4.74 Å². The molecule has 1 saturated heterocycles. The summed E-state index contributed by atoms with van der Waals surface area (Å²) in [5.41, 5.74) is 2.34. The number of likely N-dealkylation sites (N-methyl/N-ethyl adjacent to an activating group) is 1. The average molecular weight is 369 g/mol. The monoisotopic (exact) mass is 369 g/mol. The van der Waals surface area contributed by atoms with Crippen molar-refractivity contribution in [3.63, 3.8) is 0 Å². The number of rotatable bonds is 4. The topological polar surface area (TPSA) is 116 Å². The van der Waals surface area contributed by atoms with Crippen LogP contribution in [0.5, 0.6) is 0 Å². The van der Waals surface area contributed by atoms with E-state index in [2.05, 4.69) is 25.1 Å². The van der Waals surface area contributed by atoms with Crippen LogP contribution in [0.4, 0.5) is 0 Å². The van der Waals surface area contributed by atoms with Crippen LogP contribution in [0.3, 0.4) is 0 Å². The quantitative estimate of drug-likeness (QED) is 0.616. The molecule has 10 heteroatoms. The van der Waals surface area contributed by atoms with Gasteiger partial charge in [-0.1, -0.05) is 0 Å². The van der Waals surface area contributed by atoms with Gasteiger partial charge in [-0.15, -0.1) is 0 Å². The fourth-order valence-corrected chi connectivity index (χ4v) is 4.90. The van der Waals surface area contributed by atoms with Crippen molar-refractivity contribution < 1.29 is 17.9 Å². The van der Waals surface area contributed by atoms with Gasteiger partial charge in [0.2, 0.25) is 10.0 Å². The van der Waals surface area contributed by atoms with Crippen molar-refractivity contribution in [1.29, 1.82) is 0 Å². The molecule has 25 heavy (non-hydrogen) atoms. The number of hydrogen-bond donors (Lipinski definition) is 3. The molecule has 2 aliphatic heterocycles. The molecule has 138 valence electrons. The van der Waals surface area contributed by atoms with Gasteiger partial charge in [0.05, 0.1) is 24.4 Å². The molecule has 9 nitrogen and oxygen atoms in total. The highest BCUT2D eigenvalue weighted by molar-refractivity contribution is 7.88. The molecule has 0 unspecified atom stereocenters. The van der Waals surface area contributed by atoms with Crippen LogP contribution < -0.4 is 10.0 Å². The number of ether oxygens (including phenoxy) is 1. The predicted molar refractivity (Wildman–Crippen MR) is 89.5 cm³/mol. The first-order chi connectivity index (χ1) is 11.8. The van der Waals surface area contributed by atoms with E-state index in [1.54, 1.807) is 0 Å². The number of aromatic nitrogens is 2. The summed E-state index contributed by atoms with van der Waals surface area (Å²) in [7, 11) is -1.37. The molecule has 0 spiro atoms. The van der Waals surface area contributed by atoms with Gasteiger partial charge in [0, 0.05) is 43.3 Å². The van der Waals surface area contributed by atoms with E-state index in [0.717, 1.165) is 36.9 Å². The van der Waals surface area contributed by atoms with Crippen molar-refractivity contribution >= 4 is 15.9 Å². The van der Waals surface area contributed by atoms with Crippen LogP contribution in [0.2, 0.25) is 0 Å². The van der Waals surface area contributed by atoms with Crippen molar-refractivity contribution in [2.45, 2.75) is 37.6 Å². The first-order valence-corrected chi connectivity index (χ1v) is 10.4. The minimum Gasteiger partial charge on any atom is -0.376 e. The maximum atomic E-state index is 12.8. The first kappa shape index (κ1) is 17.0. The molecule has 1 aliphatic carbocycles. The molecule has 1 aromatic heterocycles. The van der Waals surface area contributed by atoms with Crippen LogP contribution in [-0.4, -0.2) is 74.1 Å².